The highest BCUT2D eigenvalue weighted by molar-refractivity contribution is 6.02. The summed E-state index contributed by atoms with van der Waals surface area (Å²) in [7, 11) is 1.49. The maximum atomic E-state index is 12.9. The van der Waals surface area contributed by atoms with E-state index in [-0.39, 0.29) is 17.3 Å². The van der Waals surface area contributed by atoms with Gasteiger partial charge in [0, 0.05) is 19.4 Å². The van der Waals surface area contributed by atoms with E-state index in [4.69, 9.17) is 4.42 Å². The van der Waals surface area contributed by atoms with Crippen LogP contribution in [0.4, 0.5) is 14.5 Å². The van der Waals surface area contributed by atoms with Gasteiger partial charge in [0.05, 0.1) is 23.1 Å². The number of alkyl halides is 2. The van der Waals surface area contributed by atoms with Crippen molar-refractivity contribution >= 4 is 11.6 Å². The number of carbonyl (C=O) groups excluding carboxylic acids is 1. The third-order valence-electron chi connectivity index (χ3n) is 3.50. The van der Waals surface area contributed by atoms with Crippen LogP contribution < -0.4 is 5.32 Å². The van der Waals surface area contributed by atoms with Crippen LogP contribution in [0, 0.1) is 0 Å². The second kappa shape index (κ2) is 6.80. The average Bonchev–Trinajstić information content (AvgIpc) is 3.21. The third kappa shape index (κ3) is 3.39. The molecule has 0 saturated carbocycles. The Kier molecular flexibility index (Phi) is 4.55. The SMILES string of the molecule is CCc1ncccc1-c1ncc(C(=O)Nc2cn(C)nc2C(F)F)o1. The summed E-state index contributed by atoms with van der Waals surface area (Å²) >= 11 is 0. The molecule has 3 aromatic heterocycles. The molecule has 1 N–H and O–H groups in total. The molecule has 0 bridgehead atoms. The summed E-state index contributed by atoms with van der Waals surface area (Å²) < 4.78 is 32.5. The predicted octanol–water partition coefficient (Wildman–Crippen LogP) is 3.22. The molecule has 0 aliphatic carbocycles. The van der Waals surface area contributed by atoms with E-state index in [2.05, 4.69) is 20.4 Å². The molecular weight excluding hydrogens is 332 g/mol. The Balaban J connectivity index is 1.84. The monoisotopic (exact) mass is 347 g/mol. The van der Waals surface area contributed by atoms with Crippen LogP contribution in [0.5, 0.6) is 0 Å². The zero-order valence-corrected chi connectivity index (χ0v) is 13.5. The van der Waals surface area contributed by atoms with E-state index in [1.165, 1.54) is 24.1 Å². The number of halogens is 2. The number of aromatic nitrogens is 4. The topological polar surface area (TPSA) is 85.8 Å². The largest absolute Gasteiger partial charge is 0.431 e. The lowest BCUT2D eigenvalue weighted by molar-refractivity contribution is 0.0996. The van der Waals surface area contributed by atoms with E-state index in [9.17, 15) is 13.6 Å². The van der Waals surface area contributed by atoms with Gasteiger partial charge >= 0.3 is 0 Å². The molecule has 0 aliphatic rings. The van der Waals surface area contributed by atoms with Gasteiger partial charge in [-0.05, 0) is 18.6 Å². The van der Waals surface area contributed by atoms with Crippen molar-refractivity contribution in [2.45, 2.75) is 19.8 Å². The fraction of sp³-hybridized carbons (Fsp3) is 0.250. The maximum absolute atomic E-state index is 12.9. The normalized spacial score (nSPS) is 11.1. The molecule has 0 aromatic carbocycles. The second-order valence-electron chi connectivity index (χ2n) is 5.24. The van der Waals surface area contributed by atoms with Crippen molar-refractivity contribution < 1.29 is 18.0 Å². The molecule has 1 amide bonds. The van der Waals surface area contributed by atoms with Crippen LogP contribution in [0.25, 0.3) is 11.5 Å². The Morgan fingerprint density at radius 3 is 2.92 bits per heavy atom. The molecule has 0 spiro atoms. The third-order valence-corrected chi connectivity index (χ3v) is 3.50. The lowest BCUT2D eigenvalue weighted by Crippen LogP contribution is -2.11. The molecule has 0 unspecified atom stereocenters. The summed E-state index contributed by atoms with van der Waals surface area (Å²) in [6.07, 6.45) is 2.08. The molecule has 0 aliphatic heterocycles. The number of anilines is 1. The maximum Gasteiger partial charge on any atom is 0.293 e. The summed E-state index contributed by atoms with van der Waals surface area (Å²) in [6, 6.07) is 3.53. The van der Waals surface area contributed by atoms with Gasteiger partial charge < -0.3 is 9.73 Å². The van der Waals surface area contributed by atoms with E-state index in [1.807, 2.05) is 6.92 Å². The van der Waals surface area contributed by atoms with Crippen LogP contribution in [0.2, 0.25) is 0 Å². The lowest BCUT2D eigenvalue weighted by Gasteiger charge is -2.03. The summed E-state index contributed by atoms with van der Waals surface area (Å²) in [4.78, 5) is 20.6. The predicted molar refractivity (Wildman–Crippen MR) is 85.2 cm³/mol. The number of aryl methyl sites for hydroxylation is 2. The van der Waals surface area contributed by atoms with Crippen molar-refractivity contribution in [3.63, 3.8) is 0 Å². The minimum Gasteiger partial charge on any atom is -0.431 e. The Morgan fingerprint density at radius 2 is 2.20 bits per heavy atom. The standard InChI is InChI=1S/C16H15F2N5O2/c1-3-10-9(5-4-6-19-10)16-20-7-12(25-16)15(24)21-11-8-23(2)22-13(11)14(17)18/h4-8,14H,3H2,1-2H3,(H,21,24). The van der Waals surface area contributed by atoms with Crippen molar-refractivity contribution in [3.8, 4) is 11.5 Å². The van der Waals surface area contributed by atoms with Crippen molar-refractivity contribution in [2.24, 2.45) is 7.05 Å². The zero-order valence-electron chi connectivity index (χ0n) is 13.5. The van der Waals surface area contributed by atoms with Gasteiger partial charge in [0.1, 0.15) is 0 Å². The van der Waals surface area contributed by atoms with E-state index in [0.717, 1.165) is 5.69 Å². The van der Waals surface area contributed by atoms with Crippen LogP contribution >= 0.6 is 0 Å². The zero-order chi connectivity index (χ0) is 18.0. The summed E-state index contributed by atoms with van der Waals surface area (Å²) in [5.74, 6) is -0.532. The molecule has 0 saturated heterocycles. The van der Waals surface area contributed by atoms with Gasteiger partial charge in [-0.2, -0.15) is 5.10 Å². The van der Waals surface area contributed by atoms with E-state index in [1.54, 1.807) is 18.3 Å². The van der Waals surface area contributed by atoms with Crippen LogP contribution in [0.1, 0.15) is 35.3 Å². The number of amides is 1. The van der Waals surface area contributed by atoms with Crippen LogP contribution in [0.3, 0.4) is 0 Å². The molecule has 130 valence electrons. The molecule has 25 heavy (non-hydrogen) atoms. The second-order valence-corrected chi connectivity index (χ2v) is 5.24. The molecule has 0 fully saturated rings. The lowest BCUT2D eigenvalue weighted by atomic mass is 10.1. The van der Waals surface area contributed by atoms with Gasteiger partial charge in [-0.3, -0.25) is 14.5 Å². The molecule has 9 heteroatoms. The molecule has 3 aromatic rings. The Hall–Kier alpha value is -3.10. The van der Waals surface area contributed by atoms with Gasteiger partial charge in [-0.1, -0.05) is 6.92 Å². The van der Waals surface area contributed by atoms with Gasteiger partial charge in [0.15, 0.2) is 5.69 Å². The highest BCUT2D eigenvalue weighted by atomic mass is 19.3. The molecule has 3 rings (SSSR count). The van der Waals surface area contributed by atoms with E-state index < -0.39 is 18.0 Å². The quantitative estimate of drug-likeness (QED) is 0.766. The number of hydrogen-bond donors (Lipinski definition) is 1. The minimum atomic E-state index is -2.80. The van der Waals surface area contributed by atoms with Crippen molar-refractivity contribution in [1.82, 2.24) is 19.7 Å². The number of oxazole rings is 1. The summed E-state index contributed by atoms with van der Waals surface area (Å²) in [6.45, 7) is 1.94. The molecular formula is C16H15F2N5O2. The average molecular weight is 347 g/mol. The molecule has 0 atom stereocenters. The Bertz CT molecular complexity index is 904. The minimum absolute atomic E-state index is 0.0731. The number of pyridine rings is 1. The van der Waals surface area contributed by atoms with Gasteiger partial charge in [-0.15, -0.1) is 0 Å². The highest BCUT2D eigenvalue weighted by Gasteiger charge is 2.22. The van der Waals surface area contributed by atoms with Crippen molar-refractivity contribution in [3.05, 3.63) is 47.9 Å². The summed E-state index contributed by atoms with van der Waals surface area (Å²) in [5, 5.41) is 6.00. The number of nitrogens with zero attached hydrogens (tertiary/aromatic N) is 4. The fourth-order valence-electron chi connectivity index (χ4n) is 2.37. The van der Waals surface area contributed by atoms with Gasteiger partial charge in [-0.25, -0.2) is 13.8 Å². The Labute approximate surface area is 141 Å². The first-order valence-electron chi connectivity index (χ1n) is 7.52. The van der Waals surface area contributed by atoms with Crippen LogP contribution in [0.15, 0.2) is 35.1 Å². The highest BCUT2D eigenvalue weighted by Crippen LogP contribution is 2.26. The Morgan fingerprint density at radius 1 is 1.40 bits per heavy atom. The fourth-order valence-corrected chi connectivity index (χ4v) is 2.37. The van der Waals surface area contributed by atoms with E-state index in [0.29, 0.717) is 12.0 Å². The smallest absolute Gasteiger partial charge is 0.293 e. The van der Waals surface area contributed by atoms with Gasteiger partial charge in [0.2, 0.25) is 11.7 Å². The molecule has 7 nitrogen and oxygen atoms in total. The molecule has 0 radical (unpaired) electrons. The number of rotatable bonds is 5. The van der Waals surface area contributed by atoms with Gasteiger partial charge in [0.25, 0.3) is 12.3 Å². The number of nitrogens with one attached hydrogen (secondary N) is 1. The van der Waals surface area contributed by atoms with Crippen molar-refractivity contribution in [1.29, 1.82) is 0 Å². The number of carbonyl (C=O) groups is 1. The summed E-state index contributed by atoms with van der Waals surface area (Å²) in [5.41, 5.74) is 0.884. The van der Waals surface area contributed by atoms with Crippen molar-refractivity contribution in [2.75, 3.05) is 5.32 Å². The number of hydrogen-bond acceptors (Lipinski definition) is 5. The first kappa shape index (κ1) is 16.7. The van der Waals surface area contributed by atoms with Crippen LogP contribution in [-0.4, -0.2) is 25.7 Å². The first-order chi connectivity index (χ1) is 12.0. The van der Waals surface area contributed by atoms with E-state index >= 15 is 0 Å². The van der Waals surface area contributed by atoms with Crippen LogP contribution in [-0.2, 0) is 13.5 Å². The first-order valence-corrected chi connectivity index (χ1v) is 7.52. The molecule has 3 heterocycles.